The van der Waals surface area contributed by atoms with Crippen LogP contribution in [-0.4, -0.2) is 30.4 Å². The highest BCUT2D eigenvalue weighted by Gasteiger charge is 2.21. The summed E-state index contributed by atoms with van der Waals surface area (Å²) in [7, 11) is 0. The van der Waals surface area contributed by atoms with E-state index in [-0.39, 0.29) is 6.10 Å². The van der Waals surface area contributed by atoms with Gasteiger partial charge in [-0.15, -0.1) is 0 Å². The third kappa shape index (κ3) is 5.56. The maximum Gasteiger partial charge on any atom is 0.412 e. The first kappa shape index (κ1) is 16.6. The Hall–Kier alpha value is -1.75. The normalized spacial score (nSPS) is 21.5. The molecule has 1 amide bonds. The van der Waals surface area contributed by atoms with Crippen LogP contribution in [0.1, 0.15) is 40.5 Å². The fourth-order valence-corrected chi connectivity index (χ4v) is 2.40. The lowest BCUT2D eigenvalue weighted by molar-refractivity contribution is 0.0630. The largest absolute Gasteiger partial charge is 0.444 e. The van der Waals surface area contributed by atoms with E-state index < -0.39 is 11.7 Å². The maximum absolute atomic E-state index is 11.8. The minimum Gasteiger partial charge on any atom is -0.444 e. The van der Waals surface area contributed by atoms with Crippen molar-refractivity contribution in [2.75, 3.05) is 17.2 Å². The van der Waals surface area contributed by atoms with Gasteiger partial charge in [0.05, 0.1) is 12.2 Å². The summed E-state index contributed by atoms with van der Waals surface area (Å²) in [5.41, 5.74) is 1.16. The Balaban J connectivity index is 1.85. The average Bonchev–Trinajstić information content (AvgIpc) is 2.80. The lowest BCUT2D eigenvalue weighted by Gasteiger charge is -2.20. The molecule has 0 saturated carbocycles. The number of benzene rings is 1. The second-order valence-electron chi connectivity index (χ2n) is 6.73. The molecule has 0 bridgehead atoms. The summed E-state index contributed by atoms with van der Waals surface area (Å²) in [5.74, 6) is 0. The number of rotatable bonds is 4. The zero-order chi connectivity index (χ0) is 16.2. The molecule has 1 saturated heterocycles. The van der Waals surface area contributed by atoms with E-state index in [1.165, 1.54) is 0 Å². The first-order chi connectivity index (χ1) is 10.3. The van der Waals surface area contributed by atoms with Crippen molar-refractivity contribution in [3.05, 3.63) is 24.3 Å². The molecule has 1 aliphatic rings. The molecule has 2 rings (SSSR count). The predicted octanol–water partition coefficient (Wildman–Crippen LogP) is 4.01. The molecular weight excluding hydrogens is 280 g/mol. The van der Waals surface area contributed by atoms with Gasteiger partial charge in [-0.05, 0) is 58.7 Å². The smallest absolute Gasteiger partial charge is 0.412 e. The zero-order valence-corrected chi connectivity index (χ0v) is 13.8. The van der Waals surface area contributed by atoms with Crippen molar-refractivity contribution >= 4 is 17.5 Å². The lowest BCUT2D eigenvalue weighted by Crippen LogP contribution is -2.27. The Morgan fingerprint density at radius 2 is 2.05 bits per heavy atom. The van der Waals surface area contributed by atoms with Gasteiger partial charge in [-0.3, -0.25) is 5.32 Å². The molecule has 1 aliphatic heterocycles. The van der Waals surface area contributed by atoms with Gasteiger partial charge in [0.25, 0.3) is 0 Å². The summed E-state index contributed by atoms with van der Waals surface area (Å²) in [4.78, 5) is 11.8. The molecule has 2 atom stereocenters. The monoisotopic (exact) mass is 306 g/mol. The van der Waals surface area contributed by atoms with Gasteiger partial charge in [-0.2, -0.15) is 0 Å². The summed E-state index contributed by atoms with van der Waals surface area (Å²) in [5, 5.41) is 6.09. The van der Waals surface area contributed by atoms with Crippen molar-refractivity contribution in [2.45, 2.75) is 58.3 Å². The van der Waals surface area contributed by atoms with E-state index in [4.69, 9.17) is 9.47 Å². The standard InChI is InChI=1S/C17H26N2O3/c1-12-8-9-15(21-12)11-18-13-6-5-7-14(10-13)19-16(20)22-17(2,3)4/h5-7,10,12,15,18H,8-9,11H2,1-4H3,(H,19,20). The predicted molar refractivity (Wildman–Crippen MR) is 88.4 cm³/mol. The fraction of sp³-hybridized carbons (Fsp3) is 0.588. The molecule has 122 valence electrons. The summed E-state index contributed by atoms with van der Waals surface area (Å²) >= 11 is 0. The highest BCUT2D eigenvalue weighted by atomic mass is 16.6. The molecule has 0 spiro atoms. The molecule has 0 aromatic heterocycles. The molecule has 5 nitrogen and oxygen atoms in total. The fourth-order valence-electron chi connectivity index (χ4n) is 2.40. The molecule has 1 fully saturated rings. The van der Waals surface area contributed by atoms with E-state index in [2.05, 4.69) is 17.6 Å². The van der Waals surface area contributed by atoms with Crippen molar-refractivity contribution in [1.82, 2.24) is 0 Å². The first-order valence-corrected chi connectivity index (χ1v) is 7.81. The van der Waals surface area contributed by atoms with Crippen LogP contribution in [0.5, 0.6) is 0 Å². The van der Waals surface area contributed by atoms with Gasteiger partial charge in [0.1, 0.15) is 5.60 Å². The second-order valence-corrected chi connectivity index (χ2v) is 6.73. The van der Waals surface area contributed by atoms with Crippen LogP contribution < -0.4 is 10.6 Å². The molecule has 0 radical (unpaired) electrons. The van der Waals surface area contributed by atoms with Gasteiger partial charge in [0.15, 0.2) is 0 Å². The average molecular weight is 306 g/mol. The van der Waals surface area contributed by atoms with Crippen molar-refractivity contribution < 1.29 is 14.3 Å². The zero-order valence-electron chi connectivity index (χ0n) is 13.8. The molecule has 1 aromatic rings. The number of anilines is 2. The van der Waals surface area contributed by atoms with Crippen molar-refractivity contribution in [1.29, 1.82) is 0 Å². The van der Waals surface area contributed by atoms with Crippen molar-refractivity contribution in [3.8, 4) is 0 Å². The quantitative estimate of drug-likeness (QED) is 0.882. The highest BCUT2D eigenvalue weighted by molar-refractivity contribution is 5.85. The van der Waals surface area contributed by atoms with Gasteiger partial charge in [0, 0.05) is 17.9 Å². The molecule has 5 heteroatoms. The Labute approximate surface area is 132 Å². The van der Waals surface area contributed by atoms with Crippen molar-refractivity contribution in [3.63, 3.8) is 0 Å². The van der Waals surface area contributed by atoms with E-state index >= 15 is 0 Å². The van der Waals surface area contributed by atoms with Gasteiger partial charge < -0.3 is 14.8 Å². The summed E-state index contributed by atoms with van der Waals surface area (Å²) in [6, 6.07) is 7.59. The Morgan fingerprint density at radius 1 is 1.32 bits per heavy atom. The van der Waals surface area contributed by atoms with Crippen molar-refractivity contribution in [2.24, 2.45) is 0 Å². The van der Waals surface area contributed by atoms with Gasteiger partial charge >= 0.3 is 6.09 Å². The lowest BCUT2D eigenvalue weighted by atomic mass is 10.2. The molecule has 2 N–H and O–H groups in total. The van der Waals surface area contributed by atoms with E-state index in [1.54, 1.807) is 0 Å². The Morgan fingerprint density at radius 3 is 2.68 bits per heavy atom. The summed E-state index contributed by atoms with van der Waals surface area (Å²) < 4.78 is 11.0. The Bertz CT molecular complexity index is 511. The van der Waals surface area contributed by atoms with E-state index in [0.29, 0.717) is 11.8 Å². The van der Waals surface area contributed by atoms with E-state index in [9.17, 15) is 4.79 Å². The van der Waals surface area contributed by atoms with Crippen LogP contribution in [0.25, 0.3) is 0 Å². The molecule has 0 aliphatic carbocycles. The third-order valence-electron chi connectivity index (χ3n) is 3.36. The van der Waals surface area contributed by atoms with Crippen LogP contribution in [-0.2, 0) is 9.47 Å². The van der Waals surface area contributed by atoms with Crippen LogP contribution in [0.4, 0.5) is 16.2 Å². The number of carbonyl (C=O) groups excluding carboxylic acids is 1. The Kier molecular flexibility index (Phi) is 5.29. The molecular formula is C17H26N2O3. The van der Waals surface area contributed by atoms with Crippen LogP contribution in [0.3, 0.4) is 0 Å². The molecule has 1 aromatic carbocycles. The minimum absolute atomic E-state index is 0.262. The number of amides is 1. The number of hydrogen-bond donors (Lipinski definition) is 2. The molecule has 2 unspecified atom stereocenters. The van der Waals surface area contributed by atoms with Gasteiger partial charge in [-0.25, -0.2) is 4.79 Å². The number of hydrogen-bond acceptors (Lipinski definition) is 4. The van der Waals surface area contributed by atoms with Gasteiger partial charge in [-0.1, -0.05) is 6.07 Å². The minimum atomic E-state index is -0.504. The van der Waals surface area contributed by atoms with E-state index in [1.807, 2.05) is 45.0 Å². The second kappa shape index (κ2) is 7.01. The topological polar surface area (TPSA) is 59.6 Å². The van der Waals surface area contributed by atoms with Crippen LogP contribution >= 0.6 is 0 Å². The first-order valence-electron chi connectivity index (χ1n) is 7.81. The van der Waals surface area contributed by atoms with Crippen LogP contribution in [0.2, 0.25) is 0 Å². The van der Waals surface area contributed by atoms with E-state index in [0.717, 1.165) is 25.1 Å². The molecule has 22 heavy (non-hydrogen) atoms. The number of ether oxygens (including phenoxy) is 2. The van der Waals surface area contributed by atoms with Crippen LogP contribution in [0.15, 0.2) is 24.3 Å². The summed E-state index contributed by atoms with van der Waals surface area (Å²) in [6.07, 6.45) is 2.37. The number of nitrogens with one attached hydrogen (secondary N) is 2. The highest BCUT2D eigenvalue weighted by Crippen LogP contribution is 2.21. The maximum atomic E-state index is 11.8. The molecule has 1 heterocycles. The summed E-state index contributed by atoms with van der Waals surface area (Å²) in [6.45, 7) is 8.40. The van der Waals surface area contributed by atoms with Crippen LogP contribution in [0, 0.1) is 0 Å². The number of carbonyl (C=O) groups is 1. The SMILES string of the molecule is CC1CCC(CNc2cccc(NC(=O)OC(C)(C)C)c2)O1. The van der Waals surface area contributed by atoms with Gasteiger partial charge in [0.2, 0.25) is 0 Å². The third-order valence-corrected chi connectivity index (χ3v) is 3.36.